The van der Waals surface area contributed by atoms with Gasteiger partial charge in [0.15, 0.2) is 5.13 Å². The topological polar surface area (TPSA) is 33.2 Å². The summed E-state index contributed by atoms with van der Waals surface area (Å²) in [5, 5.41) is 1.29. The molecule has 0 aliphatic carbocycles. The molecular weight excluding hydrogens is 291 g/mol. The zero-order chi connectivity index (χ0) is 12.9. The van der Waals surface area contributed by atoms with Gasteiger partial charge in [0.25, 0.3) is 0 Å². The van der Waals surface area contributed by atoms with Gasteiger partial charge in [-0.05, 0) is 24.6 Å². The summed E-state index contributed by atoms with van der Waals surface area (Å²) in [5.74, 6) is 0.0396. The summed E-state index contributed by atoms with van der Waals surface area (Å²) in [5.41, 5.74) is 1.82. The van der Waals surface area contributed by atoms with E-state index in [4.69, 9.17) is 23.2 Å². The Hall–Kier alpha value is -0.840. The lowest BCUT2D eigenvalue weighted by Gasteiger charge is -2.10. The predicted octanol–water partition coefficient (Wildman–Crippen LogP) is 3.60. The summed E-state index contributed by atoms with van der Waals surface area (Å²) in [6.07, 6.45) is 0.386. The van der Waals surface area contributed by atoms with Crippen molar-refractivity contribution in [2.45, 2.75) is 18.7 Å². The Morgan fingerprint density at radius 3 is 2.94 bits per heavy atom. The molecule has 94 valence electrons. The third-order valence-electron chi connectivity index (χ3n) is 3.05. The largest absolute Gasteiger partial charge is 0.287 e. The minimum absolute atomic E-state index is 0.0396. The standard InChI is InChI=1S/C12H10Cl2N2OS/c1-6-8(14)2-3-9-11(6)15-12(18-9)16-5-7(13)4-10(16)17/h2-3,7H,4-5H2,1H3. The number of fused-ring (bicyclic) bond motifs is 1. The minimum Gasteiger partial charge on any atom is -0.287 e. The molecule has 3 rings (SSSR count). The van der Waals surface area contributed by atoms with Crippen LogP contribution in [-0.4, -0.2) is 22.8 Å². The molecule has 1 fully saturated rings. The van der Waals surface area contributed by atoms with E-state index >= 15 is 0 Å². The number of hydrogen-bond acceptors (Lipinski definition) is 3. The predicted molar refractivity (Wildman–Crippen MR) is 76.0 cm³/mol. The Balaban J connectivity index is 2.09. The van der Waals surface area contributed by atoms with Crippen molar-refractivity contribution in [2.75, 3.05) is 11.4 Å². The maximum absolute atomic E-state index is 11.8. The molecule has 0 bridgehead atoms. The second-order valence-electron chi connectivity index (χ2n) is 4.32. The van der Waals surface area contributed by atoms with Gasteiger partial charge in [-0.2, -0.15) is 0 Å². The highest BCUT2D eigenvalue weighted by Crippen LogP contribution is 2.35. The normalized spacial score (nSPS) is 20.1. The van der Waals surface area contributed by atoms with Crippen LogP contribution in [0.3, 0.4) is 0 Å². The number of thiazole rings is 1. The van der Waals surface area contributed by atoms with E-state index in [-0.39, 0.29) is 11.3 Å². The second kappa shape index (κ2) is 4.37. The Morgan fingerprint density at radius 1 is 1.50 bits per heavy atom. The van der Waals surface area contributed by atoms with Crippen LogP contribution in [0.25, 0.3) is 10.2 Å². The third-order valence-corrected chi connectivity index (χ3v) is 4.79. The molecule has 1 aliphatic rings. The van der Waals surface area contributed by atoms with Gasteiger partial charge in [0.1, 0.15) is 0 Å². The molecule has 2 aromatic rings. The molecule has 3 nitrogen and oxygen atoms in total. The maximum Gasteiger partial charge on any atom is 0.230 e. The van der Waals surface area contributed by atoms with Gasteiger partial charge in [-0.3, -0.25) is 9.69 Å². The number of anilines is 1. The van der Waals surface area contributed by atoms with Gasteiger partial charge in [0.2, 0.25) is 5.91 Å². The molecule has 1 aliphatic heterocycles. The molecule has 1 unspecified atom stereocenters. The molecule has 1 saturated heterocycles. The van der Waals surface area contributed by atoms with Crippen LogP contribution in [0.1, 0.15) is 12.0 Å². The number of nitrogens with zero attached hydrogens (tertiary/aromatic N) is 2. The van der Waals surface area contributed by atoms with Crippen molar-refractivity contribution >= 4 is 55.8 Å². The first-order chi connectivity index (χ1) is 8.56. The molecule has 1 amide bonds. The fourth-order valence-electron chi connectivity index (χ4n) is 2.05. The zero-order valence-electron chi connectivity index (χ0n) is 9.61. The van der Waals surface area contributed by atoms with E-state index in [0.717, 1.165) is 15.8 Å². The molecule has 1 aromatic heterocycles. The van der Waals surface area contributed by atoms with Crippen molar-refractivity contribution in [3.05, 3.63) is 22.7 Å². The van der Waals surface area contributed by atoms with E-state index in [1.54, 1.807) is 4.90 Å². The lowest BCUT2D eigenvalue weighted by Crippen LogP contribution is -2.24. The number of hydrogen-bond donors (Lipinski definition) is 0. The van der Waals surface area contributed by atoms with Crippen LogP contribution in [0.4, 0.5) is 5.13 Å². The summed E-state index contributed by atoms with van der Waals surface area (Å²) < 4.78 is 1.04. The highest BCUT2D eigenvalue weighted by Gasteiger charge is 2.31. The summed E-state index contributed by atoms with van der Waals surface area (Å²) in [7, 11) is 0. The van der Waals surface area contributed by atoms with Crippen molar-refractivity contribution in [3.63, 3.8) is 0 Å². The fourth-order valence-corrected chi connectivity index (χ4v) is 3.53. The van der Waals surface area contributed by atoms with Gasteiger partial charge in [-0.1, -0.05) is 22.9 Å². The van der Waals surface area contributed by atoms with E-state index in [1.165, 1.54) is 11.3 Å². The molecule has 2 heterocycles. The number of benzene rings is 1. The Morgan fingerprint density at radius 2 is 2.28 bits per heavy atom. The minimum atomic E-state index is -0.116. The van der Waals surface area contributed by atoms with Gasteiger partial charge in [0.05, 0.1) is 15.6 Å². The summed E-state index contributed by atoms with van der Waals surface area (Å²) in [6.45, 7) is 2.47. The van der Waals surface area contributed by atoms with Crippen LogP contribution in [0.15, 0.2) is 12.1 Å². The fraction of sp³-hybridized carbons (Fsp3) is 0.333. The van der Waals surface area contributed by atoms with Gasteiger partial charge in [0, 0.05) is 18.0 Å². The van der Waals surface area contributed by atoms with Gasteiger partial charge in [-0.25, -0.2) is 4.98 Å². The second-order valence-corrected chi connectivity index (χ2v) is 6.35. The van der Waals surface area contributed by atoms with Crippen molar-refractivity contribution in [1.82, 2.24) is 4.98 Å². The number of carbonyl (C=O) groups is 1. The molecule has 1 atom stereocenters. The number of carbonyl (C=O) groups excluding carboxylic acids is 1. The number of aromatic nitrogens is 1. The monoisotopic (exact) mass is 300 g/mol. The molecule has 18 heavy (non-hydrogen) atoms. The summed E-state index contributed by atoms with van der Waals surface area (Å²) >= 11 is 13.6. The molecular formula is C12H10Cl2N2OS. The van der Waals surface area contributed by atoms with E-state index in [9.17, 15) is 4.79 Å². The summed E-state index contributed by atoms with van der Waals surface area (Å²) in [4.78, 5) is 18.0. The van der Waals surface area contributed by atoms with Crippen molar-refractivity contribution < 1.29 is 4.79 Å². The third kappa shape index (κ3) is 1.88. The Labute approximate surface area is 118 Å². The highest BCUT2D eigenvalue weighted by molar-refractivity contribution is 7.22. The number of aryl methyl sites for hydroxylation is 1. The zero-order valence-corrected chi connectivity index (χ0v) is 11.9. The molecule has 0 radical (unpaired) electrons. The highest BCUT2D eigenvalue weighted by atomic mass is 35.5. The molecule has 1 aromatic carbocycles. The molecule has 0 saturated carbocycles. The smallest absolute Gasteiger partial charge is 0.230 e. The van der Waals surface area contributed by atoms with E-state index in [2.05, 4.69) is 4.98 Å². The van der Waals surface area contributed by atoms with Crippen LogP contribution in [0, 0.1) is 6.92 Å². The molecule has 0 N–H and O–H groups in total. The first-order valence-corrected chi connectivity index (χ1v) is 7.19. The maximum atomic E-state index is 11.8. The number of halogens is 2. The van der Waals surface area contributed by atoms with E-state index in [0.29, 0.717) is 23.1 Å². The lowest BCUT2D eigenvalue weighted by molar-refractivity contribution is -0.117. The number of rotatable bonds is 1. The van der Waals surface area contributed by atoms with Crippen molar-refractivity contribution in [2.24, 2.45) is 0 Å². The van der Waals surface area contributed by atoms with Crippen LogP contribution < -0.4 is 4.90 Å². The van der Waals surface area contributed by atoms with Gasteiger partial charge >= 0.3 is 0 Å². The quantitative estimate of drug-likeness (QED) is 0.754. The average Bonchev–Trinajstić information content (AvgIpc) is 2.87. The van der Waals surface area contributed by atoms with Crippen molar-refractivity contribution in [1.29, 1.82) is 0 Å². The van der Waals surface area contributed by atoms with Gasteiger partial charge in [-0.15, -0.1) is 11.6 Å². The SMILES string of the molecule is Cc1c(Cl)ccc2sc(N3CC(Cl)CC3=O)nc12. The van der Waals surface area contributed by atoms with Gasteiger partial charge < -0.3 is 0 Å². The van der Waals surface area contributed by atoms with Crippen LogP contribution in [0.2, 0.25) is 5.02 Å². The van der Waals surface area contributed by atoms with Crippen LogP contribution in [-0.2, 0) is 4.79 Å². The number of amides is 1. The van der Waals surface area contributed by atoms with Crippen LogP contribution >= 0.6 is 34.5 Å². The lowest BCUT2D eigenvalue weighted by atomic mass is 10.2. The first kappa shape index (κ1) is 12.2. The summed E-state index contributed by atoms with van der Waals surface area (Å²) in [6, 6.07) is 3.79. The van der Waals surface area contributed by atoms with E-state index in [1.807, 2.05) is 19.1 Å². The van der Waals surface area contributed by atoms with Crippen molar-refractivity contribution in [3.8, 4) is 0 Å². The van der Waals surface area contributed by atoms with Crippen LogP contribution in [0.5, 0.6) is 0 Å². The Kier molecular flexibility index (Phi) is 2.96. The molecule has 0 spiro atoms. The van der Waals surface area contributed by atoms with E-state index < -0.39 is 0 Å². The number of alkyl halides is 1. The average molecular weight is 301 g/mol. The Bertz CT molecular complexity index is 640. The molecule has 6 heteroatoms. The first-order valence-electron chi connectivity index (χ1n) is 5.56.